The van der Waals surface area contributed by atoms with Crippen molar-refractivity contribution in [3.8, 4) is 0 Å². The van der Waals surface area contributed by atoms with Crippen LogP contribution < -0.4 is 0 Å². The summed E-state index contributed by atoms with van der Waals surface area (Å²) in [6.07, 6.45) is -7.26. The summed E-state index contributed by atoms with van der Waals surface area (Å²) in [6, 6.07) is 0. The van der Waals surface area contributed by atoms with Crippen molar-refractivity contribution in [3.05, 3.63) is 0 Å². The highest BCUT2D eigenvalue weighted by Crippen LogP contribution is 2.58. The van der Waals surface area contributed by atoms with Crippen molar-refractivity contribution in [1.29, 1.82) is 0 Å². The first-order valence-corrected chi connectivity index (χ1v) is 4.85. The van der Waals surface area contributed by atoms with E-state index in [0.717, 1.165) is 0 Å². The molecule has 1 aliphatic heterocycles. The Kier molecular flexibility index (Phi) is 2.31. The zero-order valence-corrected chi connectivity index (χ0v) is 7.47. The summed E-state index contributed by atoms with van der Waals surface area (Å²) in [4.78, 5) is 0. The van der Waals surface area contributed by atoms with Crippen LogP contribution in [0.4, 0.5) is 30.7 Å². The Morgan fingerprint density at radius 3 is 1.53 bits per heavy atom. The molecule has 10 heteroatoms. The highest BCUT2D eigenvalue weighted by atomic mass is 32.2. The van der Waals surface area contributed by atoms with E-state index >= 15 is 0 Å². The average Bonchev–Trinajstić information content (AvgIpc) is 2.09. The number of hydrogen-bond acceptors (Lipinski definition) is 2. The lowest BCUT2D eigenvalue weighted by atomic mass is 10.0. The Morgan fingerprint density at radius 1 is 1.00 bits per heavy atom. The van der Waals surface area contributed by atoms with Crippen LogP contribution in [0.3, 0.4) is 0 Å². The first-order chi connectivity index (χ1) is 6.40. The molecule has 90 valence electrons. The highest BCUT2D eigenvalue weighted by Gasteiger charge is 2.83. The Morgan fingerprint density at radius 2 is 1.40 bits per heavy atom. The third kappa shape index (κ3) is 1.20. The number of sulfone groups is 1. The molecule has 15 heavy (non-hydrogen) atoms. The normalized spacial score (nSPS) is 37.1. The van der Waals surface area contributed by atoms with Gasteiger partial charge in [0.2, 0.25) is 0 Å². The molecule has 0 saturated carbocycles. The minimum atomic E-state index is -6.58. The lowest BCUT2D eigenvalue weighted by Crippen LogP contribution is -2.48. The van der Waals surface area contributed by atoms with Crippen LogP contribution in [-0.4, -0.2) is 31.0 Å². The van der Waals surface area contributed by atoms with E-state index in [1.807, 2.05) is 0 Å². The lowest BCUT2D eigenvalue weighted by molar-refractivity contribution is -0.154. The molecule has 0 aliphatic carbocycles. The molecule has 1 saturated heterocycles. The topological polar surface area (TPSA) is 34.1 Å². The summed E-state index contributed by atoms with van der Waals surface area (Å²) in [6.45, 7) is 0. The molecule has 0 spiro atoms. The zero-order valence-electron chi connectivity index (χ0n) is 6.65. The lowest BCUT2D eigenvalue weighted by Gasteiger charge is -2.22. The molecule has 0 radical (unpaired) electrons. The van der Waals surface area contributed by atoms with Crippen molar-refractivity contribution < 1.29 is 39.2 Å². The quantitative estimate of drug-likeness (QED) is 0.675. The molecular formula is C5H3F7O2S. The molecule has 1 heterocycles. The van der Waals surface area contributed by atoms with E-state index in [2.05, 4.69) is 0 Å². The summed E-state index contributed by atoms with van der Waals surface area (Å²) >= 11 is 0. The van der Waals surface area contributed by atoms with E-state index in [1.165, 1.54) is 0 Å². The van der Waals surface area contributed by atoms with Gasteiger partial charge in [-0.1, -0.05) is 0 Å². The molecule has 0 aromatic heterocycles. The molecule has 0 N–H and O–H groups in total. The Bertz CT molecular complexity index is 375. The minimum absolute atomic E-state index is 2.74. The standard InChI is InChI=1S/C5H3F7O2S/c6-2(7)3(8)1-4(9,10)15(13,14)5(3,11)12/h2H,1H2. The molecule has 1 atom stereocenters. The largest absolute Gasteiger partial charge is 0.390 e. The maximum absolute atomic E-state index is 12.8. The summed E-state index contributed by atoms with van der Waals surface area (Å²) < 4.78 is 107. The third-order valence-corrected chi connectivity index (χ3v) is 3.97. The summed E-state index contributed by atoms with van der Waals surface area (Å²) in [5, 5.41) is -11.0. The Balaban J connectivity index is 3.45. The number of hydrogen-bond donors (Lipinski definition) is 0. The van der Waals surface area contributed by atoms with Crippen LogP contribution in [0.15, 0.2) is 0 Å². The number of halogens is 7. The summed E-state index contributed by atoms with van der Waals surface area (Å²) in [7, 11) is -6.58. The van der Waals surface area contributed by atoms with Crippen molar-refractivity contribution in [2.24, 2.45) is 0 Å². The van der Waals surface area contributed by atoms with Gasteiger partial charge in [-0.2, -0.15) is 17.6 Å². The number of alkyl halides is 7. The molecular weight excluding hydrogens is 257 g/mol. The van der Waals surface area contributed by atoms with E-state index in [0.29, 0.717) is 0 Å². The summed E-state index contributed by atoms with van der Waals surface area (Å²) in [5.41, 5.74) is -5.05. The van der Waals surface area contributed by atoms with Crippen LogP contribution in [0.2, 0.25) is 0 Å². The predicted octanol–water partition coefficient (Wildman–Crippen LogP) is 1.96. The van der Waals surface area contributed by atoms with Gasteiger partial charge in [0, 0.05) is 0 Å². The predicted molar refractivity (Wildman–Crippen MR) is 33.3 cm³/mol. The highest BCUT2D eigenvalue weighted by molar-refractivity contribution is 7.93. The molecule has 1 fully saturated rings. The van der Waals surface area contributed by atoms with Gasteiger partial charge < -0.3 is 0 Å². The minimum Gasteiger partial charge on any atom is -0.229 e. The van der Waals surface area contributed by atoms with Gasteiger partial charge in [-0.25, -0.2) is 21.6 Å². The van der Waals surface area contributed by atoms with Gasteiger partial charge in [-0.05, 0) is 0 Å². The van der Waals surface area contributed by atoms with Crippen molar-refractivity contribution in [3.63, 3.8) is 0 Å². The molecule has 0 amide bonds. The zero-order chi connectivity index (χ0) is 12.3. The maximum atomic E-state index is 12.8. The smallest absolute Gasteiger partial charge is 0.229 e. The second-order valence-electron chi connectivity index (χ2n) is 3.00. The Hall–Kier alpha value is -0.540. The molecule has 0 aromatic carbocycles. The van der Waals surface area contributed by atoms with E-state index in [4.69, 9.17) is 0 Å². The molecule has 0 aromatic rings. The molecule has 1 aliphatic rings. The van der Waals surface area contributed by atoms with Gasteiger partial charge in [-0.3, -0.25) is 0 Å². The SMILES string of the molecule is O=S1(=O)C(F)(F)CC(F)(C(F)F)C1(F)F. The van der Waals surface area contributed by atoms with E-state index in [-0.39, 0.29) is 0 Å². The van der Waals surface area contributed by atoms with Gasteiger partial charge in [0.1, 0.15) is 0 Å². The van der Waals surface area contributed by atoms with Crippen molar-refractivity contribution in [2.45, 2.75) is 29.0 Å². The van der Waals surface area contributed by atoms with Crippen LogP contribution in [0.25, 0.3) is 0 Å². The number of rotatable bonds is 1. The summed E-state index contributed by atoms with van der Waals surface area (Å²) in [5.74, 6) is 0. The molecule has 0 bridgehead atoms. The van der Waals surface area contributed by atoms with Crippen LogP contribution >= 0.6 is 0 Å². The van der Waals surface area contributed by atoms with Crippen LogP contribution in [0.1, 0.15) is 6.42 Å². The average molecular weight is 260 g/mol. The van der Waals surface area contributed by atoms with Crippen molar-refractivity contribution in [1.82, 2.24) is 0 Å². The van der Waals surface area contributed by atoms with Gasteiger partial charge in [0.15, 0.2) is 0 Å². The van der Waals surface area contributed by atoms with Crippen molar-refractivity contribution in [2.75, 3.05) is 0 Å². The van der Waals surface area contributed by atoms with Crippen molar-refractivity contribution >= 4 is 9.84 Å². The fraction of sp³-hybridized carbons (Fsp3) is 1.00. The second-order valence-corrected chi connectivity index (χ2v) is 5.11. The van der Waals surface area contributed by atoms with Gasteiger partial charge in [0.25, 0.3) is 21.9 Å². The molecule has 1 rings (SSSR count). The molecule has 2 nitrogen and oxygen atoms in total. The fourth-order valence-corrected chi connectivity index (χ4v) is 2.50. The molecule has 1 unspecified atom stereocenters. The van der Waals surface area contributed by atoms with Gasteiger partial charge in [-0.15, -0.1) is 0 Å². The van der Waals surface area contributed by atoms with E-state index in [9.17, 15) is 39.2 Å². The first kappa shape index (κ1) is 12.5. The van der Waals surface area contributed by atoms with E-state index < -0.39 is 38.9 Å². The second kappa shape index (κ2) is 2.77. The van der Waals surface area contributed by atoms with Gasteiger partial charge >= 0.3 is 10.5 Å². The van der Waals surface area contributed by atoms with Crippen LogP contribution in [0.5, 0.6) is 0 Å². The van der Waals surface area contributed by atoms with Gasteiger partial charge in [0.05, 0.1) is 6.42 Å². The monoisotopic (exact) mass is 260 g/mol. The van der Waals surface area contributed by atoms with E-state index in [1.54, 1.807) is 0 Å². The fourth-order valence-electron chi connectivity index (χ4n) is 1.11. The Labute approximate surface area is 79.0 Å². The third-order valence-electron chi connectivity index (χ3n) is 2.02. The van der Waals surface area contributed by atoms with Crippen LogP contribution in [-0.2, 0) is 9.84 Å². The first-order valence-electron chi connectivity index (χ1n) is 3.37. The maximum Gasteiger partial charge on any atom is 0.390 e. The van der Waals surface area contributed by atoms with Crippen LogP contribution in [0, 0.1) is 0 Å².